The third kappa shape index (κ3) is 4.92. The highest BCUT2D eigenvalue weighted by molar-refractivity contribution is 9.10. The first-order chi connectivity index (χ1) is 15.4. The molecule has 0 amide bonds. The smallest absolute Gasteiger partial charge is 0.282 e. The number of fused-ring (bicyclic) bond motifs is 1. The summed E-state index contributed by atoms with van der Waals surface area (Å²) in [6.45, 7) is 6.16. The fraction of sp³-hybridized carbons (Fsp3) is 0.208. The number of aryl methyl sites for hydroxylation is 1. The van der Waals surface area contributed by atoms with Crippen LogP contribution in [0.1, 0.15) is 43.3 Å². The summed E-state index contributed by atoms with van der Waals surface area (Å²) < 4.78 is 9.00. The van der Waals surface area contributed by atoms with Crippen LogP contribution in [0.4, 0.5) is 0 Å². The zero-order valence-electron chi connectivity index (χ0n) is 17.8. The number of hydrogen-bond donors (Lipinski definition) is 0. The van der Waals surface area contributed by atoms with E-state index in [1.54, 1.807) is 12.3 Å². The van der Waals surface area contributed by atoms with Crippen molar-refractivity contribution in [2.75, 3.05) is 0 Å². The maximum atomic E-state index is 13.2. The highest BCUT2D eigenvalue weighted by Gasteiger charge is 2.16. The highest BCUT2D eigenvalue weighted by Crippen LogP contribution is 2.35. The molecule has 0 unspecified atom stereocenters. The van der Waals surface area contributed by atoms with Crippen LogP contribution in [0, 0.1) is 6.92 Å². The van der Waals surface area contributed by atoms with Gasteiger partial charge < -0.3 is 4.42 Å². The normalized spacial score (nSPS) is 12.7. The molecule has 0 aliphatic carbocycles. The lowest BCUT2D eigenvalue weighted by molar-refractivity contribution is 0.465. The average molecular weight is 575 g/mol. The highest BCUT2D eigenvalue weighted by atomic mass is 79.9. The zero-order chi connectivity index (χ0) is 22.8. The predicted molar refractivity (Wildman–Crippen MR) is 137 cm³/mol. The van der Waals surface area contributed by atoms with E-state index in [2.05, 4.69) is 75.1 Å². The second-order valence-electron chi connectivity index (χ2n) is 7.50. The van der Waals surface area contributed by atoms with Crippen molar-refractivity contribution in [3.63, 3.8) is 0 Å². The summed E-state index contributed by atoms with van der Waals surface area (Å²) in [5.41, 5.74) is 1.67. The Balaban J connectivity index is 1.71. The molecule has 5 nitrogen and oxygen atoms in total. The summed E-state index contributed by atoms with van der Waals surface area (Å²) in [5, 5.41) is 5.72. The lowest BCUT2D eigenvalue weighted by atomic mass is 10.1. The van der Waals surface area contributed by atoms with Crippen molar-refractivity contribution in [3.8, 4) is 0 Å². The number of halogens is 2. The maximum Gasteiger partial charge on any atom is 0.282 e. The number of rotatable bonds is 6. The molecule has 0 aliphatic heterocycles. The van der Waals surface area contributed by atoms with Gasteiger partial charge in [0.2, 0.25) is 0 Å². The molecule has 0 fully saturated rings. The van der Waals surface area contributed by atoms with Crippen LogP contribution in [0.2, 0.25) is 0 Å². The Morgan fingerprint density at radius 3 is 2.66 bits per heavy atom. The Bertz CT molecular complexity index is 1360. The van der Waals surface area contributed by atoms with Gasteiger partial charge in [0.1, 0.15) is 11.6 Å². The lowest BCUT2D eigenvalue weighted by Gasteiger charge is -2.13. The third-order valence-corrected chi connectivity index (χ3v) is 7.43. The van der Waals surface area contributed by atoms with Gasteiger partial charge in [0.15, 0.2) is 5.09 Å². The number of aromatic nitrogens is 2. The molecule has 0 radical (unpaired) electrons. The Morgan fingerprint density at radius 1 is 1.19 bits per heavy atom. The molecule has 0 aliphatic rings. The largest absolute Gasteiger partial charge is 0.447 e. The standard InChI is InChI=1S/C24H21Br2N3O2S/c1-4-15(3)22-28-21-10-7-16(25)11-19(21)23(30)29(22)27-13-17-12-20(26)24(31-17)32-18-8-5-14(2)6-9-18/h5-13,15H,4H2,1-3H3/t15-/m0/s1. The van der Waals surface area contributed by atoms with Gasteiger partial charge in [-0.2, -0.15) is 9.78 Å². The Labute approximate surface area is 207 Å². The van der Waals surface area contributed by atoms with Gasteiger partial charge in [-0.3, -0.25) is 4.79 Å². The van der Waals surface area contributed by atoms with E-state index in [1.807, 2.05) is 25.1 Å². The van der Waals surface area contributed by atoms with Crippen LogP contribution >= 0.6 is 43.6 Å². The molecular weight excluding hydrogens is 554 g/mol. The molecule has 4 rings (SSSR count). The summed E-state index contributed by atoms with van der Waals surface area (Å²) in [6.07, 6.45) is 2.40. The van der Waals surface area contributed by atoms with Gasteiger partial charge in [0, 0.05) is 21.4 Å². The summed E-state index contributed by atoms with van der Waals surface area (Å²) in [7, 11) is 0. The van der Waals surface area contributed by atoms with Crippen molar-refractivity contribution >= 4 is 60.7 Å². The molecule has 2 aromatic heterocycles. The summed E-state index contributed by atoms with van der Waals surface area (Å²) >= 11 is 8.51. The van der Waals surface area contributed by atoms with Crippen molar-refractivity contribution in [3.05, 3.63) is 85.0 Å². The van der Waals surface area contributed by atoms with E-state index < -0.39 is 0 Å². The average Bonchev–Trinajstić information content (AvgIpc) is 3.13. The van der Waals surface area contributed by atoms with Crippen LogP contribution in [-0.4, -0.2) is 15.9 Å². The molecule has 0 saturated heterocycles. The van der Waals surface area contributed by atoms with Crippen molar-refractivity contribution in [1.82, 2.24) is 9.66 Å². The number of benzene rings is 2. The van der Waals surface area contributed by atoms with E-state index in [0.29, 0.717) is 22.5 Å². The summed E-state index contributed by atoms with van der Waals surface area (Å²) in [6, 6.07) is 15.6. The number of nitrogens with zero attached hydrogens (tertiary/aromatic N) is 3. The van der Waals surface area contributed by atoms with Crippen LogP contribution in [0.25, 0.3) is 10.9 Å². The van der Waals surface area contributed by atoms with Crippen molar-refractivity contribution in [2.24, 2.45) is 5.10 Å². The molecular formula is C24H21Br2N3O2S. The number of furan rings is 1. The van der Waals surface area contributed by atoms with Gasteiger partial charge in [-0.05, 0) is 59.6 Å². The zero-order valence-corrected chi connectivity index (χ0v) is 21.8. The summed E-state index contributed by atoms with van der Waals surface area (Å²) in [5.74, 6) is 1.25. The molecule has 0 saturated carbocycles. The minimum absolute atomic E-state index is 0.0730. The molecule has 2 aromatic carbocycles. The SMILES string of the molecule is CC[C@H](C)c1nc2ccc(Br)cc2c(=O)n1N=Cc1cc(Br)c(Sc2ccc(C)cc2)o1. The van der Waals surface area contributed by atoms with Crippen molar-refractivity contribution in [1.29, 1.82) is 0 Å². The fourth-order valence-corrected chi connectivity index (χ4v) is 4.80. The van der Waals surface area contributed by atoms with Gasteiger partial charge in [0.05, 0.1) is 21.6 Å². The quantitative estimate of drug-likeness (QED) is 0.225. The maximum absolute atomic E-state index is 13.2. The first-order valence-electron chi connectivity index (χ1n) is 10.2. The minimum Gasteiger partial charge on any atom is -0.447 e. The third-order valence-electron chi connectivity index (χ3n) is 5.09. The number of hydrogen-bond acceptors (Lipinski definition) is 5. The first kappa shape index (κ1) is 23.0. The second-order valence-corrected chi connectivity index (χ2v) is 10.3. The molecule has 164 valence electrons. The molecule has 0 bridgehead atoms. The molecule has 1 atom stereocenters. The molecule has 4 aromatic rings. The van der Waals surface area contributed by atoms with E-state index >= 15 is 0 Å². The first-order valence-corrected chi connectivity index (χ1v) is 12.6. The van der Waals surface area contributed by atoms with Gasteiger partial charge >= 0.3 is 0 Å². The van der Waals surface area contributed by atoms with Gasteiger partial charge in [-0.25, -0.2) is 4.98 Å². The van der Waals surface area contributed by atoms with E-state index in [9.17, 15) is 4.79 Å². The van der Waals surface area contributed by atoms with Crippen LogP contribution in [0.5, 0.6) is 0 Å². The van der Waals surface area contributed by atoms with Gasteiger partial charge in [-0.1, -0.05) is 59.2 Å². The van der Waals surface area contributed by atoms with Crippen LogP contribution < -0.4 is 5.56 Å². The Kier molecular flexibility index (Phi) is 7.02. The minimum atomic E-state index is -0.206. The van der Waals surface area contributed by atoms with E-state index in [4.69, 9.17) is 9.40 Å². The molecule has 2 heterocycles. The van der Waals surface area contributed by atoms with Crippen LogP contribution in [-0.2, 0) is 0 Å². The van der Waals surface area contributed by atoms with Gasteiger partial charge in [0.25, 0.3) is 5.56 Å². The lowest BCUT2D eigenvalue weighted by Crippen LogP contribution is -2.23. The molecule has 0 N–H and O–H groups in total. The van der Waals surface area contributed by atoms with Crippen LogP contribution in [0.3, 0.4) is 0 Å². The fourth-order valence-electron chi connectivity index (χ4n) is 3.11. The van der Waals surface area contributed by atoms with Crippen molar-refractivity contribution in [2.45, 2.75) is 43.1 Å². The summed E-state index contributed by atoms with van der Waals surface area (Å²) in [4.78, 5) is 19.0. The van der Waals surface area contributed by atoms with Crippen LogP contribution in [0.15, 0.2) is 81.8 Å². The molecule has 0 spiro atoms. The monoisotopic (exact) mass is 573 g/mol. The topological polar surface area (TPSA) is 60.4 Å². The Morgan fingerprint density at radius 2 is 1.94 bits per heavy atom. The van der Waals surface area contributed by atoms with E-state index in [0.717, 1.165) is 25.4 Å². The molecule has 32 heavy (non-hydrogen) atoms. The van der Waals surface area contributed by atoms with Gasteiger partial charge in [-0.15, -0.1) is 0 Å². The Hall–Kier alpha value is -2.16. The molecule has 8 heteroatoms. The van der Waals surface area contributed by atoms with E-state index in [1.165, 1.54) is 22.0 Å². The predicted octanol–water partition coefficient (Wildman–Crippen LogP) is 7.37. The van der Waals surface area contributed by atoms with Crippen molar-refractivity contribution < 1.29 is 4.42 Å². The van der Waals surface area contributed by atoms with E-state index in [-0.39, 0.29) is 11.5 Å². The second kappa shape index (κ2) is 9.77.